The number of para-hydroxylation sites is 1. The third-order valence-corrected chi connectivity index (χ3v) is 5.99. The standard InChI is InChI=1S/C25H21FN4O3S/c1-33-21-6-3-2-5-17(21)16-30(25(32)20-15-27-12-13-28-20)23(22-7-4-14-34-22)24(31)29-19-10-8-18(26)9-11-19/h2-15,23H,16H2,1H3,(H,29,31)/t23-/m1/s1. The molecule has 0 saturated carbocycles. The third kappa shape index (κ3) is 5.26. The third-order valence-electron chi connectivity index (χ3n) is 5.06. The minimum Gasteiger partial charge on any atom is -0.496 e. The Bertz CT molecular complexity index is 1250. The Kier molecular flexibility index (Phi) is 7.24. The number of anilines is 1. The van der Waals surface area contributed by atoms with Crippen molar-refractivity contribution in [3.8, 4) is 5.75 Å². The van der Waals surface area contributed by atoms with Gasteiger partial charge >= 0.3 is 0 Å². The van der Waals surface area contributed by atoms with E-state index in [9.17, 15) is 14.0 Å². The van der Waals surface area contributed by atoms with Gasteiger partial charge in [-0.05, 0) is 41.8 Å². The monoisotopic (exact) mass is 476 g/mol. The van der Waals surface area contributed by atoms with Crippen LogP contribution in [0.3, 0.4) is 0 Å². The predicted molar refractivity (Wildman–Crippen MR) is 127 cm³/mol. The number of hydrogen-bond acceptors (Lipinski definition) is 6. The molecule has 1 atom stereocenters. The number of carbonyl (C=O) groups is 2. The molecule has 0 aliphatic rings. The number of carbonyl (C=O) groups excluding carboxylic acids is 2. The van der Waals surface area contributed by atoms with Crippen molar-refractivity contribution >= 4 is 28.8 Å². The molecule has 9 heteroatoms. The van der Waals surface area contributed by atoms with Crippen LogP contribution in [0.4, 0.5) is 10.1 Å². The highest BCUT2D eigenvalue weighted by molar-refractivity contribution is 7.10. The van der Waals surface area contributed by atoms with Crippen molar-refractivity contribution in [3.63, 3.8) is 0 Å². The van der Waals surface area contributed by atoms with Crippen LogP contribution >= 0.6 is 11.3 Å². The van der Waals surface area contributed by atoms with Gasteiger partial charge < -0.3 is 15.0 Å². The van der Waals surface area contributed by atoms with Crippen LogP contribution in [0.5, 0.6) is 5.75 Å². The number of nitrogens with zero attached hydrogens (tertiary/aromatic N) is 3. The lowest BCUT2D eigenvalue weighted by atomic mass is 10.1. The minimum atomic E-state index is -0.982. The summed E-state index contributed by atoms with van der Waals surface area (Å²) in [7, 11) is 1.55. The van der Waals surface area contributed by atoms with Gasteiger partial charge in [0.2, 0.25) is 0 Å². The molecule has 0 saturated heterocycles. The molecule has 2 aromatic heterocycles. The number of nitrogens with one attached hydrogen (secondary N) is 1. The molecule has 0 spiro atoms. The second kappa shape index (κ2) is 10.7. The van der Waals surface area contributed by atoms with Crippen molar-refractivity contribution in [2.45, 2.75) is 12.6 Å². The zero-order chi connectivity index (χ0) is 23.9. The second-order valence-electron chi connectivity index (χ2n) is 7.25. The Morgan fingerprint density at radius 3 is 2.56 bits per heavy atom. The number of benzene rings is 2. The topological polar surface area (TPSA) is 84.4 Å². The zero-order valence-electron chi connectivity index (χ0n) is 18.2. The Labute approximate surface area is 199 Å². The fourth-order valence-electron chi connectivity index (χ4n) is 3.47. The van der Waals surface area contributed by atoms with Crippen molar-refractivity contribution in [1.82, 2.24) is 14.9 Å². The average Bonchev–Trinajstić information content (AvgIpc) is 3.40. The van der Waals surface area contributed by atoms with E-state index in [1.165, 1.54) is 59.1 Å². The number of amides is 2. The molecule has 0 fully saturated rings. The van der Waals surface area contributed by atoms with Crippen molar-refractivity contribution in [2.75, 3.05) is 12.4 Å². The maximum absolute atomic E-state index is 13.6. The summed E-state index contributed by atoms with van der Waals surface area (Å²) in [6.45, 7) is 0.0822. The first kappa shape index (κ1) is 23.1. The Balaban J connectivity index is 1.76. The summed E-state index contributed by atoms with van der Waals surface area (Å²) >= 11 is 1.35. The van der Waals surface area contributed by atoms with E-state index in [2.05, 4.69) is 15.3 Å². The molecule has 4 rings (SSSR count). The van der Waals surface area contributed by atoms with Gasteiger partial charge in [0, 0.05) is 28.5 Å². The van der Waals surface area contributed by atoms with Gasteiger partial charge in [-0.2, -0.15) is 0 Å². The van der Waals surface area contributed by atoms with Crippen LogP contribution in [0.1, 0.15) is 27.0 Å². The lowest BCUT2D eigenvalue weighted by Gasteiger charge is -2.30. The number of halogens is 1. The first-order chi connectivity index (χ1) is 16.6. The van der Waals surface area contributed by atoms with E-state index in [4.69, 9.17) is 4.74 Å². The Morgan fingerprint density at radius 1 is 1.09 bits per heavy atom. The van der Waals surface area contributed by atoms with Crippen molar-refractivity contribution < 1.29 is 18.7 Å². The molecule has 0 radical (unpaired) electrons. The summed E-state index contributed by atoms with van der Waals surface area (Å²) in [5.41, 5.74) is 1.24. The van der Waals surface area contributed by atoms with E-state index in [0.717, 1.165) is 5.56 Å². The number of ether oxygens (including phenoxy) is 1. The summed E-state index contributed by atoms with van der Waals surface area (Å²) in [6, 6.07) is 15.4. The van der Waals surface area contributed by atoms with Crippen LogP contribution in [0.15, 0.2) is 84.6 Å². The van der Waals surface area contributed by atoms with E-state index in [-0.39, 0.29) is 12.2 Å². The molecule has 2 heterocycles. The molecule has 0 unspecified atom stereocenters. The van der Waals surface area contributed by atoms with Gasteiger partial charge in [0.05, 0.1) is 19.9 Å². The lowest BCUT2D eigenvalue weighted by Crippen LogP contribution is -2.41. The Morgan fingerprint density at radius 2 is 1.88 bits per heavy atom. The molecular formula is C25H21FN4O3S. The molecule has 172 valence electrons. The normalized spacial score (nSPS) is 11.5. The van der Waals surface area contributed by atoms with Gasteiger partial charge in [-0.3, -0.25) is 14.6 Å². The van der Waals surface area contributed by atoms with Crippen LogP contribution < -0.4 is 10.1 Å². The molecule has 34 heavy (non-hydrogen) atoms. The fourth-order valence-corrected chi connectivity index (χ4v) is 4.30. The SMILES string of the molecule is COc1ccccc1CN(C(=O)c1cnccn1)[C@@H](C(=O)Nc1ccc(F)cc1)c1cccs1. The van der Waals surface area contributed by atoms with Gasteiger partial charge in [0.15, 0.2) is 0 Å². The molecule has 7 nitrogen and oxygen atoms in total. The van der Waals surface area contributed by atoms with Crippen LogP contribution in [-0.4, -0.2) is 33.8 Å². The number of rotatable bonds is 8. The second-order valence-corrected chi connectivity index (χ2v) is 8.23. The van der Waals surface area contributed by atoms with E-state index in [1.807, 2.05) is 29.6 Å². The number of thiophene rings is 1. The summed E-state index contributed by atoms with van der Waals surface area (Å²) in [6.07, 6.45) is 4.26. The van der Waals surface area contributed by atoms with Gasteiger partial charge in [0.25, 0.3) is 11.8 Å². The number of hydrogen-bond donors (Lipinski definition) is 1. The van der Waals surface area contributed by atoms with Gasteiger partial charge in [0.1, 0.15) is 23.3 Å². The number of methoxy groups -OCH3 is 1. The molecule has 0 bridgehead atoms. The van der Waals surface area contributed by atoms with E-state index < -0.39 is 23.7 Å². The first-order valence-electron chi connectivity index (χ1n) is 10.4. The van der Waals surface area contributed by atoms with Gasteiger partial charge in [-0.25, -0.2) is 9.37 Å². The maximum Gasteiger partial charge on any atom is 0.275 e. The smallest absolute Gasteiger partial charge is 0.275 e. The molecule has 0 aliphatic heterocycles. The largest absolute Gasteiger partial charge is 0.496 e. The van der Waals surface area contributed by atoms with Crippen molar-refractivity contribution in [2.24, 2.45) is 0 Å². The molecule has 0 aliphatic carbocycles. The highest BCUT2D eigenvalue weighted by Crippen LogP contribution is 2.31. The zero-order valence-corrected chi connectivity index (χ0v) is 19.0. The fraction of sp³-hybridized carbons (Fsp3) is 0.120. The average molecular weight is 477 g/mol. The molecular weight excluding hydrogens is 455 g/mol. The van der Waals surface area contributed by atoms with Crippen LogP contribution in [0.2, 0.25) is 0 Å². The van der Waals surface area contributed by atoms with E-state index in [1.54, 1.807) is 19.2 Å². The van der Waals surface area contributed by atoms with Crippen LogP contribution in [0, 0.1) is 5.82 Å². The summed E-state index contributed by atoms with van der Waals surface area (Å²) < 4.78 is 18.8. The predicted octanol–water partition coefficient (Wildman–Crippen LogP) is 4.71. The van der Waals surface area contributed by atoms with Crippen molar-refractivity contribution in [3.05, 3.63) is 107 Å². The highest BCUT2D eigenvalue weighted by atomic mass is 32.1. The van der Waals surface area contributed by atoms with Crippen molar-refractivity contribution in [1.29, 1.82) is 0 Å². The lowest BCUT2D eigenvalue weighted by molar-refractivity contribution is -0.120. The van der Waals surface area contributed by atoms with Gasteiger partial charge in [-0.15, -0.1) is 11.3 Å². The maximum atomic E-state index is 13.6. The van der Waals surface area contributed by atoms with E-state index >= 15 is 0 Å². The van der Waals surface area contributed by atoms with Crippen LogP contribution in [0.25, 0.3) is 0 Å². The highest BCUT2D eigenvalue weighted by Gasteiger charge is 2.34. The van der Waals surface area contributed by atoms with Gasteiger partial charge in [-0.1, -0.05) is 24.3 Å². The molecule has 2 amide bonds. The first-order valence-corrected chi connectivity index (χ1v) is 11.2. The summed E-state index contributed by atoms with van der Waals surface area (Å²) in [5.74, 6) is -0.736. The molecule has 1 N–H and O–H groups in total. The Hall–Kier alpha value is -4.11. The molecule has 2 aromatic carbocycles. The van der Waals surface area contributed by atoms with Crippen LogP contribution in [-0.2, 0) is 11.3 Å². The quantitative estimate of drug-likeness (QED) is 0.398. The number of aromatic nitrogens is 2. The summed E-state index contributed by atoms with van der Waals surface area (Å²) in [4.78, 5) is 37.4. The molecule has 4 aromatic rings. The minimum absolute atomic E-state index is 0.0822. The van der Waals surface area contributed by atoms with E-state index in [0.29, 0.717) is 16.3 Å². The summed E-state index contributed by atoms with van der Waals surface area (Å²) in [5, 5.41) is 4.63.